The molecule has 0 fully saturated rings. The van der Waals surface area contributed by atoms with E-state index in [1.54, 1.807) is 24.3 Å². The van der Waals surface area contributed by atoms with Crippen LogP contribution >= 0.6 is 139 Å². The second kappa shape index (κ2) is 16.0. The lowest BCUT2D eigenvalue weighted by Crippen LogP contribution is -2.16. The van der Waals surface area contributed by atoms with Crippen LogP contribution in [0.15, 0.2) is 60.7 Å². The van der Waals surface area contributed by atoms with Gasteiger partial charge in [0.15, 0.2) is 34.9 Å². The number of halogens is 12. The molecule has 0 saturated carbocycles. The Morgan fingerprint density at radius 3 is 0.818 bits per heavy atom. The molecular formula is C26H14Cl12N6. The lowest BCUT2D eigenvalue weighted by atomic mass is 10.2. The van der Waals surface area contributed by atoms with Crippen LogP contribution < -0.4 is 0 Å². The van der Waals surface area contributed by atoms with Crippen molar-refractivity contribution in [3.63, 3.8) is 0 Å². The van der Waals surface area contributed by atoms with Crippen LogP contribution in [0.2, 0.25) is 0 Å². The van der Waals surface area contributed by atoms with Gasteiger partial charge < -0.3 is 0 Å². The summed E-state index contributed by atoms with van der Waals surface area (Å²) in [5, 5.41) is 0. The molecule has 4 rings (SSSR count). The molecule has 6 nitrogen and oxygen atoms in total. The molecule has 2 aromatic carbocycles. The van der Waals surface area contributed by atoms with Crippen LogP contribution in [0.25, 0.3) is 24.3 Å². The summed E-state index contributed by atoms with van der Waals surface area (Å²) in [5.41, 5.74) is 1.88. The number of nitrogens with zero attached hydrogens (tertiary/aromatic N) is 6. The monoisotopic (exact) mass is 830 g/mol. The standard InChI is InChI=1S/2C13H7Cl6N3/c2*14-12(15,16)10-20-9(21-11(22-10)13(17,18)19)7-6-8-4-2-1-3-5-8/h2*1-7H. The third kappa shape index (κ3) is 12.6. The van der Waals surface area contributed by atoms with Gasteiger partial charge in [-0.25, -0.2) is 29.9 Å². The molecule has 0 N–H and O–H groups in total. The number of aromatic nitrogens is 6. The maximum Gasteiger partial charge on any atom is 0.250 e. The topological polar surface area (TPSA) is 77.3 Å². The Morgan fingerprint density at radius 2 is 0.591 bits per heavy atom. The highest BCUT2D eigenvalue weighted by atomic mass is 35.6. The first-order valence-electron chi connectivity index (χ1n) is 11.6. The van der Waals surface area contributed by atoms with Crippen molar-refractivity contribution in [3.05, 3.63) is 107 Å². The summed E-state index contributed by atoms with van der Waals surface area (Å²) in [6.07, 6.45) is 6.77. The van der Waals surface area contributed by atoms with Crippen molar-refractivity contribution < 1.29 is 0 Å². The van der Waals surface area contributed by atoms with Crippen LogP contribution in [0.1, 0.15) is 46.1 Å². The van der Waals surface area contributed by atoms with E-state index in [9.17, 15) is 0 Å². The van der Waals surface area contributed by atoms with E-state index in [4.69, 9.17) is 139 Å². The van der Waals surface area contributed by atoms with E-state index >= 15 is 0 Å². The van der Waals surface area contributed by atoms with Gasteiger partial charge in [-0.3, -0.25) is 0 Å². The van der Waals surface area contributed by atoms with Crippen molar-refractivity contribution in [3.8, 4) is 0 Å². The van der Waals surface area contributed by atoms with Gasteiger partial charge in [-0.05, 0) is 23.3 Å². The molecule has 0 aliphatic heterocycles. The van der Waals surface area contributed by atoms with Crippen LogP contribution in [0.3, 0.4) is 0 Å². The van der Waals surface area contributed by atoms with Gasteiger partial charge in [0, 0.05) is 0 Å². The minimum atomic E-state index is -1.86. The van der Waals surface area contributed by atoms with Gasteiger partial charge >= 0.3 is 0 Å². The van der Waals surface area contributed by atoms with E-state index in [0.717, 1.165) is 11.1 Å². The first-order valence-corrected chi connectivity index (χ1v) is 16.1. The Labute approximate surface area is 312 Å². The molecular weight excluding hydrogens is 822 g/mol. The summed E-state index contributed by atoms with van der Waals surface area (Å²) in [4.78, 5) is 24.0. The molecule has 2 heterocycles. The Bertz CT molecular complexity index is 1410. The van der Waals surface area contributed by atoms with Crippen molar-refractivity contribution in [2.75, 3.05) is 0 Å². The summed E-state index contributed by atoms with van der Waals surface area (Å²) in [7, 11) is 0. The van der Waals surface area contributed by atoms with Gasteiger partial charge in [-0.15, -0.1) is 0 Å². The molecule has 0 atom stereocenters. The molecule has 232 valence electrons. The van der Waals surface area contributed by atoms with Gasteiger partial charge in [-0.2, -0.15) is 0 Å². The SMILES string of the molecule is ClC(Cl)(Cl)c1nc(C=Cc2ccccc2)nc(C(Cl)(Cl)Cl)n1.ClC(Cl)(Cl)c1nc(C=Cc2ccccc2)nc(C(Cl)(Cl)Cl)n1. The smallest absolute Gasteiger partial charge is 0.209 e. The number of alkyl halides is 12. The Balaban J connectivity index is 0.000000240. The summed E-state index contributed by atoms with van der Waals surface area (Å²) < 4.78 is -7.43. The molecule has 0 spiro atoms. The van der Waals surface area contributed by atoms with Crippen LogP contribution in [0, 0.1) is 0 Å². The third-order valence-corrected chi connectivity index (χ3v) is 6.80. The van der Waals surface area contributed by atoms with Crippen LogP contribution in [0.4, 0.5) is 0 Å². The molecule has 0 unspecified atom stereocenters. The Hall–Kier alpha value is -0.580. The van der Waals surface area contributed by atoms with Crippen molar-refractivity contribution in [1.29, 1.82) is 0 Å². The lowest BCUT2D eigenvalue weighted by molar-refractivity contribution is 0.835. The lowest BCUT2D eigenvalue weighted by Gasteiger charge is -2.14. The maximum absolute atomic E-state index is 5.79. The highest BCUT2D eigenvalue weighted by Gasteiger charge is 2.34. The normalized spacial score (nSPS) is 12.8. The summed E-state index contributed by atoms with van der Waals surface area (Å²) in [6.45, 7) is 0. The fourth-order valence-electron chi connectivity index (χ4n) is 2.91. The van der Waals surface area contributed by atoms with Crippen molar-refractivity contribution in [1.82, 2.24) is 29.9 Å². The number of hydrogen-bond acceptors (Lipinski definition) is 6. The van der Waals surface area contributed by atoms with Gasteiger partial charge in [0.05, 0.1) is 0 Å². The van der Waals surface area contributed by atoms with Crippen LogP contribution in [-0.4, -0.2) is 29.9 Å². The second-order valence-electron chi connectivity index (χ2n) is 8.16. The van der Waals surface area contributed by atoms with Gasteiger partial charge in [0.25, 0.3) is 0 Å². The number of benzene rings is 2. The zero-order valence-electron chi connectivity index (χ0n) is 21.3. The molecule has 0 amide bonds. The molecule has 0 bridgehead atoms. The third-order valence-electron chi connectivity index (χ3n) is 4.77. The Morgan fingerprint density at radius 1 is 0.341 bits per heavy atom. The Kier molecular flexibility index (Phi) is 13.8. The molecule has 0 radical (unpaired) electrons. The zero-order chi connectivity index (χ0) is 32.8. The van der Waals surface area contributed by atoms with E-state index < -0.39 is 15.2 Å². The first kappa shape index (κ1) is 37.9. The first-order chi connectivity index (χ1) is 20.3. The van der Waals surface area contributed by atoms with Crippen LogP contribution in [0.5, 0.6) is 0 Å². The molecule has 2 aromatic heterocycles. The van der Waals surface area contributed by atoms with Gasteiger partial charge in [0.2, 0.25) is 15.2 Å². The van der Waals surface area contributed by atoms with Crippen molar-refractivity contribution in [2.45, 2.75) is 15.2 Å². The van der Waals surface area contributed by atoms with E-state index in [1.165, 1.54) is 0 Å². The average Bonchev–Trinajstić information content (AvgIpc) is 2.94. The van der Waals surface area contributed by atoms with Gasteiger partial charge in [0.1, 0.15) is 0 Å². The minimum Gasteiger partial charge on any atom is -0.209 e. The minimum absolute atomic E-state index is 0.124. The van der Waals surface area contributed by atoms with E-state index in [2.05, 4.69) is 29.9 Å². The molecule has 44 heavy (non-hydrogen) atoms. The van der Waals surface area contributed by atoms with Crippen molar-refractivity contribution in [2.24, 2.45) is 0 Å². The number of rotatable bonds is 4. The maximum atomic E-state index is 5.79. The zero-order valence-corrected chi connectivity index (χ0v) is 30.4. The quantitative estimate of drug-likeness (QED) is 0.191. The highest BCUT2D eigenvalue weighted by Crippen LogP contribution is 2.41. The second-order valence-corrected chi connectivity index (χ2v) is 17.3. The molecule has 0 aliphatic carbocycles. The average molecular weight is 836 g/mol. The molecule has 0 saturated heterocycles. The van der Waals surface area contributed by atoms with Crippen molar-refractivity contribution >= 4 is 164 Å². The van der Waals surface area contributed by atoms with E-state index in [0.29, 0.717) is 0 Å². The van der Waals surface area contributed by atoms with E-state index in [1.807, 2.05) is 60.7 Å². The number of hydrogen-bond donors (Lipinski definition) is 0. The molecule has 4 aromatic rings. The summed E-state index contributed by atoms with van der Waals surface area (Å²) in [6, 6.07) is 19.0. The van der Waals surface area contributed by atoms with Gasteiger partial charge in [-0.1, -0.05) is 212 Å². The summed E-state index contributed by atoms with van der Waals surface area (Å²) in [5.74, 6) is -0.0749. The fourth-order valence-corrected chi connectivity index (χ4v) is 3.92. The molecule has 0 aliphatic rings. The fraction of sp³-hybridized carbons (Fsp3) is 0.154. The summed E-state index contributed by atoms with van der Waals surface area (Å²) >= 11 is 69.5. The predicted molar refractivity (Wildman–Crippen MR) is 187 cm³/mol. The molecule has 18 heteroatoms. The predicted octanol–water partition coefficient (Wildman–Crippen LogP) is 11.4. The van der Waals surface area contributed by atoms with Crippen LogP contribution in [-0.2, 0) is 15.2 Å². The highest BCUT2D eigenvalue weighted by molar-refractivity contribution is 6.68. The largest absolute Gasteiger partial charge is 0.250 e. The van der Waals surface area contributed by atoms with E-state index in [-0.39, 0.29) is 34.9 Å².